The number of nitriles is 1. The molecule has 1 saturated heterocycles. The van der Waals surface area contributed by atoms with Gasteiger partial charge in [0.15, 0.2) is 5.82 Å². The van der Waals surface area contributed by atoms with Crippen molar-refractivity contribution in [1.82, 2.24) is 15.0 Å². The lowest BCUT2D eigenvalue weighted by atomic mass is 10.2. The predicted octanol–water partition coefficient (Wildman–Crippen LogP) is 2.37. The Morgan fingerprint density at radius 3 is 2.29 bits per heavy atom. The largest absolute Gasteiger partial charge is 0.368 e. The molecule has 4 rings (SSSR count). The number of rotatable bonds is 4. The van der Waals surface area contributed by atoms with E-state index in [0.717, 1.165) is 13.1 Å². The Hall–Kier alpha value is -3.93. The smallest absolute Gasteiger partial charge is 0.271 e. The van der Waals surface area contributed by atoms with Gasteiger partial charge in [-0.2, -0.15) is 5.26 Å². The fraction of sp³-hybridized carbons (Fsp3) is 0.211. The standard InChI is InChI=1S/C19H17N7O2/c20-14-18-19(22-25(21-18)16-7-4-8-17(13-16)26(27)28)24-11-9-23(10-12-24)15-5-2-1-3-6-15/h1-8,13H,9-12H2. The number of nitro groups is 1. The molecule has 1 aromatic heterocycles. The molecule has 0 unspecified atom stereocenters. The first kappa shape index (κ1) is 17.5. The van der Waals surface area contributed by atoms with E-state index in [2.05, 4.69) is 33.3 Å². The maximum absolute atomic E-state index is 11.0. The predicted molar refractivity (Wildman–Crippen MR) is 104 cm³/mol. The van der Waals surface area contributed by atoms with Crippen LogP contribution in [0, 0.1) is 21.4 Å². The summed E-state index contributed by atoms with van der Waals surface area (Å²) in [7, 11) is 0. The van der Waals surface area contributed by atoms with Gasteiger partial charge >= 0.3 is 0 Å². The zero-order chi connectivity index (χ0) is 19.5. The van der Waals surface area contributed by atoms with E-state index in [9.17, 15) is 15.4 Å². The average molecular weight is 375 g/mol. The minimum absolute atomic E-state index is 0.0497. The molecule has 0 N–H and O–H groups in total. The summed E-state index contributed by atoms with van der Waals surface area (Å²) in [4.78, 5) is 16.1. The number of hydrogen-bond donors (Lipinski definition) is 0. The minimum atomic E-state index is -0.470. The third-order valence-electron chi connectivity index (χ3n) is 4.67. The Kier molecular flexibility index (Phi) is 4.60. The summed E-state index contributed by atoms with van der Waals surface area (Å²) in [6.45, 7) is 3.02. The third-order valence-corrected chi connectivity index (χ3v) is 4.67. The fourth-order valence-corrected chi connectivity index (χ4v) is 3.25. The first-order chi connectivity index (χ1) is 13.7. The number of aromatic nitrogens is 3. The van der Waals surface area contributed by atoms with Gasteiger partial charge in [0.05, 0.1) is 10.6 Å². The molecule has 9 heteroatoms. The average Bonchev–Trinajstić information content (AvgIpc) is 3.19. The molecule has 0 radical (unpaired) electrons. The maximum Gasteiger partial charge on any atom is 0.271 e. The van der Waals surface area contributed by atoms with Crippen LogP contribution in [0.25, 0.3) is 5.69 Å². The molecule has 0 amide bonds. The van der Waals surface area contributed by atoms with Gasteiger partial charge in [0.2, 0.25) is 5.69 Å². The summed E-state index contributed by atoms with van der Waals surface area (Å²) in [5.74, 6) is 0.502. The molecular formula is C19H17N7O2. The van der Waals surface area contributed by atoms with Crippen LogP contribution >= 0.6 is 0 Å². The van der Waals surface area contributed by atoms with Crippen molar-refractivity contribution in [3.8, 4) is 11.8 Å². The lowest BCUT2D eigenvalue weighted by molar-refractivity contribution is -0.384. The Bertz CT molecular complexity index is 1030. The first-order valence-electron chi connectivity index (χ1n) is 8.83. The highest BCUT2D eigenvalue weighted by atomic mass is 16.6. The molecule has 140 valence electrons. The van der Waals surface area contributed by atoms with Crippen molar-refractivity contribution in [3.63, 3.8) is 0 Å². The number of hydrogen-bond acceptors (Lipinski definition) is 7. The molecule has 1 aliphatic rings. The summed E-state index contributed by atoms with van der Waals surface area (Å²) in [6.07, 6.45) is 0. The van der Waals surface area contributed by atoms with Crippen LogP contribution in [0.5, 0.6) is 0 Å². The van der Waals surface area contributed by atoms with Gasteiger partial charge in [-0.1, -0.05) is 24.3 Å². The molecule has 0 bridgehead atoms. The van der Waals surface area contributed by atoms with Crippen molar-refractivity contribution in [2.45, 2.75) is 0 Å². The van der Waals surface area contributed by atoms with E-state index >= 15 is 0 Å². The van der Waals surface area contributed by atoms with Gasteiger partial charge in [0, 0.05) is 44.0 Å². The zero-order valence-electron chi connectivity index (χ0n) is 15.0. The second kappa shape index (κ2) is 7.36. The number of anilines is 2. The summed E-state index contributed by atoms with van der Waals surface area (Å²) in [6, 6.07) is 18.3. The van der Waals surface area contributed by atoms with Crippen LogP contribution in [0.2, 0.25) is 0 Å². The van der Waals surface area contributed by atoms with Crippen molar-refractivity contribution < 1.29 is 4.92 Å². The Morgan fingerprint density at radius 1 is 0.929 bits per heavy atom. The zero-order valence-corrected chi connectivity index (χ0v) is 15.0. The summed E-state index contributed by atoms with van der Waals surface area (Å²) >= 11 is 0. The Balaban J connectivity index is 1.56. The number of piperazine rings is 1. The van der Waals surface area contributed by atoms with E-state index in [1.807, 2.05) is 23.1 Å². The van der Waals surface area contributed by atoms with Crippen LogP contribution in [0.3, 0.4) is 0 Å². The fourth-order valence-electron chi connectivity index (χ4n) is 3.25. The van der Waals surface area contributed by atoms with Crippen LogP contribution in [-0.2, 0) is 0 Å². The molecule has 0 saturated carbocycles. The molecular weight excluding hydrogens is 358 g/mol. The molecule has 3 aromatic rings. The van der Waals surface area contributed by atoms with Gasteiger partial charge in [-0.15, -0.1) is 15.0 Å². The van der Waals surface area contributed by atoms with Gasteiger partial charge in [0.1, 0.15) is 6.07 Å². The quantitative estimate of drug-likeness (QED) is 0.509. The van der Waals surface area contributed by atoms with Gasteiger partial charge < -0.3 is 9.80 Å². The van der Waals surface area contributed by atoms with Crippen molar-refractivity contribution >= 4 is 17.2 Å². The SMILES string of the molecule is N#Cc1nn(-c2cccc([N+](=O)[O-])c2)nc1N1CCN(c2ccccc2)CC1. The summed E-state index contributed by atoms with van der Waals surface area (Å²) in [5.41, 5.74) is 1.77. The molecule has 28 heavy (non-hydrogen) atoms. The Morgan fingerprint density at radius 2 is 1.61 bits per heavy atom. The topological polar surface area (TPSA) is 104 Å². The van der Waals surface area contributed by atoms with E-state index in [4.69, 9.17) is 0 Å². The number of para-hydroxylation sites is 1. The van der Waals surface area contributed by atoms with Gasteiger partial charge in [-0.25, -0.2) is 0 Å². The van der Waals surface area contributed by atoms with E-state index in [1.165, 1.54) is 22.6 Å². The second-order valence-electron chi connectivity index (χ2n) is 6.36. The molecule has 9 nitrogen and oxygen atoms in total. The molecule has 1 aliphatic heterocycles. The van der Waals surface area contributed by atoms with Crippen LogP contribution in [0.4, 0.5) is 17.2 Å². The van der Waals surface area contributed by atoms with Crippen LogP contribution in [0.1, 0.15) is 5.69 Å². The lowest BCUT2D eigenvalue weighted by Crippen LogP contribution is -2.47. The highest BCUT2D eigenvalue weighted by Crippen LogP contribution is 2.23. The van der Waals surface area contributed by atoms with Crippen molar-refractivity contribution in [2.24, 2.45) is 0 Å². The van der Waals surface area contributed by atoms with E-state index in [-0.39, 0.29) is 11.4 Å². The normalized spacial score (nSPS) is 14.0. The van der Waals surface area contributed by atoms with Crippen LogP contribution < -0.4 is 9.80 Å². The first-order valence-corrected chi connectivity index (χ1v) is 8.83. The van der Waals surface area contributed by atoms with Crippen molar-refractivity contribution in [3.05, 3.63) is 70.4 Å². The molecule has 2 aromatic carbocycles. The molecule has 0 spiro atoms. The van der Waals surface area contributed by atoms with Gasteiger partial charge in [-0.3, -0.25) is 10.1 Å². The van der Waals surface area contributed by atoms with Crippen molar-refractivity contribution in [2.75, 3.05) is 36.0 Å². The third kappa shape index (κ3) is 3.35. The number of nitro benzene ring substituents is 1. The highest BCUT2D eigenvalue weighted by Gasteiger charge is 2.24. The lowest BCUT2D eigenvalue weighted by Gasteiger charge is -2.36. The summed E-state index contributed by atoms with van der Waals surface area (Å²) in [5, 5.41) is 29.1. The van der Waals surface area contributed by atoms with Crippen LogP contribution in [-0.4, -0.2) is 46.1 Å². The second-order valence-corrected chi connectivity index (χ2v) is 6.36. The number of non-ortho nitro benzene ring substituents is 1. The number of benzene rings is 2. The van der Waals surface area contributed by atoms with Crippen molar-refractivity contribution in [1.29, 1.82) is 5.26 Å². The summed E-state index contributed by atoms with van der Waals surface area (Å²) < 4.78 is 0. The van der Waals surface area contributed by atoms with E-state index in [1.54, 1.807) is 12.1 Å². The van der Waals surface area contributed by atoms with E-state index in [0.29, 0.717) is 24.6 Å². The Labute approximate surface area is 161 Å². The molecule has 1 fully saturated rings. The van der Waals surface area contributed by atoms with Gasteiger partial charge in [-0.05, 0) is 18.2 Å². The molecule has 2 heterocycles. The highest BCUT2D eigenvalue weighted by molar-refractivity contribution is 5.54. The number of nitrogens with zero attached hydrogens (tertiary/aromatic N) is 7. The molecule has 0 aliphatic carbocycles. The minimum Gasteiger partial charge on any atom is -0.368 e. The van der Waals surface area contributed by atoms with Gasteiger partial charge in [0.25, 0.3) is 5.69 Å². The monoisotopic (exact) mass is 375 g/mol. The van der Waals surface area contributed by atoms with Crippen LogP contribution in [0.15, 0.2) is 54.6 Å². The van der Waals surface area contributed by atoms with E-state index < -0.39 is 4.92 Å². The maximum atomic E-state index is 11.0. The molecule has 0 atom stereocenters.